The molecule has 1 amide bonds. The number of ketones is 2. The van der Waals surface area contributed by atoms with Crippen molar-refractivity contribution in [1.82, 2.24) is 0 Å². The Labute approximate surface area is 159 Å². The molecule has 2 N–H and O–H groups in total. The van der Waals surface area contributed by atoms with Gasteiger partial charge in [0, 0.05) is 17.0 Å². The number of ether oxygens (including phenoxy) is 2. The minimum Gasteiger partial charge on any atom is -0.484 e. The van der Waals surface area contributed by atoms with Crippen molar-refractivity contribution in [2.24, 2.45) is 5.73 Å². The number of hydrogen-bond acceptors (Lipinski definition) is 6. The quantitative estimate of drug-likeness (QED) is 0.815. The summed E-state index contributed by atoms with van der Waals surface area (Å²) < 4.78 is 10.4. The standard InChI is InChI=1S/C21H15NO6/c22-16(23)10-27-12-7-5-11(6-8-12)15-9-17(24)28-21-18(15)19(25)13-3-1-2-4-14(13)20(21)26/h1-8,15H,9-10H2,(H2,22,23)/t15-/m1/s1. The van der Waals surface area contributed by atoms with Gasteiger partial charge in [0.2, 0.25) is 5.78 Å². The maximum Gasteiger partial charge on any atom is 0.312 e. The van der Waals surface area contributed by atoms with Crippen molar-refractivity contribution >= 4 is 23.4 Å². The average Bonchev–Trinajstić information content (AvgIpc) is 2.70. The van der Waals surface area contributed by atoms with E-state index in [0.717, 1.165) is 0 Å². The van der Waals surface area contributed by atoms with E-state index in [1.165, 1.54) is 0 Å². The van der Waals surface area contributed by atoms with Gasteiger partial charge >= 0.3 is 5.97 Å². The molecule has 1 atom stereocenters. The number of esters is 1. The Morgan fingerprint density at radius 3 is 2.29 bits per heavy atom. The van der Waals surface area contributed by atoms with Crippen LogP contribution in [0.3, 0.4) is 0 Å². The Bertz CT molecular complexity index is 1050. The Kier molecular flexibility index (Phi) is 4.27. The first-order chi connectivity index (χ1) is 13.5. The zero-order valence-corrected chi connectivity index (χ0v) is 14.6. The van der Waals surface area contributed by atoms with Gasteiger partial charge in [0.15, 0.2) is 18.1 Å². The predicted molar refractivity (Wildman–Crippen MR) is 96.7 cm³/mol. The summed E-state index contributed by atoms with van der Waals surface area (Å²) >= 11 is 0. The Morgan fingerprint density at radius 1 is 1.00 bits per heavy atom. The fraction of sp³-hybridized carbons (Fsp3) is 0.143. The van der Waals surface area contributed by atoms with E-state index in [9.17, 15) is 19.2 Å². The number of nitrogens with two attached hydrogens (primary N) is 1. The summed E-state index contributed by atoms with van der Waals surface area (Å²) in [7, 11) is 0. The van der Waals surface area contributed by atoms with Gasteiger partial charge in [-0.25, -0.2) is 0 Å². The zero-order chi connectivity index (χ0) is 19.8. The number of rotatable bonds is 4. The number of carbonyl (C=O) groups is 4. The molecule has 1 aliphatic carbocycles. The number of fused-ring (bicyclic) bond motifs is 1. The lowest BCUT2D eigenvalue weighted by Gasteiger charge is -2.30. The van der Waals surface area contributed by atoms with E-state index in [0.29, 0.717) is 16.9 Å². The number of amides is 1. The third kappa shape index (κ3) is 2.96. The molecule has 0 bridgehead atoms. The second-order valence-electron chi connectivity index (χ2n) is 6.50. The van der Waals surface area contributed by atoms with E-state index >= 15 is 0 Å². The van der Waals surface area contributed by atoms with Gasteiger partial charge in [-0.3, -0.25) is 19.2 Å². The average molecular weight is 377 g/mol. The second kappa shape index (κ2) is 6.77. The monoisotopic (exact) mass is 377 g/mol. The molecule has 0 aromatic heterocycles. The van der Waals surface area contributed by atoms with Crippen LogP contribution in [0.2, 0.25) is 0 Å². The summed E-state index contributed by atoms with van der Waals surface area (Å²) in [6.45, 7) is -0.256. The molecule has 4 rings (SSSR count). The molecule has 1 aliphatic heterocycles. The molecule has 2 aromatic rings. The van der Waals surface area contributed by atoms with Gasteiger partial charge in [0.25, 0.3) is 5.91 Å². The van der Waals surface area contributed by atoms with E-state index < -0.39 is 23.6 Å². The van der Waals surface area contributed by atoms with E-state index in [1.807, 2.05) is 0 Å². The molecular weight excluding hydrogens is 362 g/mol. The smallest absolute Gasteiger partial charge is 0.312 e. The lowest BCUT2D eigenvalue weighted by Crippen LogP contribution is -2.32. The highest BCUT2D eigenvalue weighted by molar-refractivity contribution is 6.27. The maximum atomic E-state index is 13.1. The molecule has 28 heavy (non-hydrogen) atoms. The first kappa shape index (κ1) is 17.7. The molecule has 140 valence electrons. The SMILES string of the molecule is NC(=O)COc1ccc([C@H]2CC(=O)OC3=C2C(=O)c2ccccc2C3=O)cc1. The molecule has 2 aromatic carbocycles. The third-order valence-electron chi connectivity index (χ3n) is 4.71. The molecule has 0 radical (unpaired) electrons. The molecular formula is C21H15NO6. The van der Waals surface area contributed by atoms with Crippen LogP contribution in [0.4, 0.5) is 0 Å². The molecule has 0 saturated heterocycles. The lowest BCUT2D eigenvalue weighted by molar-refractivity contribution is -0.140. The van der Waals surface area contributed by atoms with Gasteiger partial charge < -0.3 is 15.2 Å². The number of allylic oxidation sites excluding steroid dienone is 2. The van der Waals surface area contributed by atoms with Gasteiger partial charge in [-0.1, -0.05) is 36.4 Å². The Balaban J connectivity index is 1.73. The van der Waals surface area contributed by atoms with Crippen LogP contribution in [0.15, 0.2) is 59.9 Å². The van der Waals surface area contributed by atoms with Crippen molar-refractivity contribution in [2.75, 3.05) is 6.61 Å². The van der Waals surface area contributed by atoms with Gasteiger partial charge in [0.1, 0.15) is 5.75 Å². The summed E-state index contributed by atoms with van der Waals surface area (Å²) in [6, 6.07) is 13.1. The highest BCUT2D eigenvalue weighted by atomic mass is 16.5. The van der Waals surface area contributed by atoms with Crippen molar-refractivity contribution in [3.63, 3.8) is 0 Å². The van der Waals surface area contributed by atoms with Crippen LogP contribution in [-0.4, -0.2) is 30.0 Å². The van der Waals surface area contributed by atoms with E-state index in [4.69, 9.17) is 15.2 Å². The summed E-state index contributed by atoms with van der Waals surface area (Å²) in [5.74, 6) is -2.34. The Hall–Kier alpha value is -3.74. The summed E-state index contributed by atoms with van der Waals surface area (Å²) in [6.07, 6.45) is -0.0541. The van der Waals surface area contributed by atoms with E-state index in [2.05, 4.69) is 0 Å². The molecule has 0 unspecified atom stereocenters. The number of Topliss-reactive ketones (excluding diaryl/α,β-unsaturated/α-hetero) is 2. The van der Waals surface area contributed by atoms with Crippen molar-refractivity contribution < 1.29 is 28.7 Å². The minimum atomic E-state index is -0.605. The number of benzene rings is 2. The number of primary amides is 1. The summed E-state index contributed by atoms with van der Waals surface area (Å²) in [5.41, 5.74) is 6.44. The van der Waals surface area contributed by atoms with Gasteiger partial charge in [-0.05, 0) is 17.7 Å². The molecule has 7 heteroatoms. The highest BCUT2D eigenvalue weighted by Gasteiger charge is 2.42. The van der Waals surface area contributed by atoms with Crippen molar-refractivity contribution in [3.8, 4) is 5.75 Å². The highest BCUT2D eigenvalue weighted by Crippen LogP contribution is 2.41. The normalized spacial score (nSPS) is 18.3. The van der Waals surface area contributed by atoms with Crippen LogP contribution >= 0.6 is 0 Å². The number of carbonyl (C=O) groups excluding carboxylic acids is 4. The zero-order valence-electron chi connectivity index (χ0n) is 14.6. The minimum absolute atomic E-state index is 0.0541. The lowest BCUT2D eigenvalue weighted by atomic mass is 9.77. The molecule has 0 spiro atoms. The van der Waals surface area contributed by atoms with Gasteiger partial charge in [-0.15, -0.1) is 0 Å². The molecule has 7 nitrogen and oxygen atoms in total. The maximum absolute atomic E-state index is 13.1. The van der Waals surface area contributed by atoms with Crippen molar-refractivity contribution in [3.05, 3.63) is 76.6 Å². The fourth-order valence-corrected chi connectivity index (χ4v) is 3.45. The van der Waals surface area contributed by atoms with Crippen molar-refractivity contribution in [2.45, 2.75) is 12.3 Å². The van der Waals surface area contributed by atoms with Gasteiger partial charge in [0.05, 0.1) is 12.0 Å². The van der Waals surface area contributed by atoms with Crippen LogP contribution in [0.25, 0.3) is 0 Å². The summed E-state index contributed by atoms with van der Waals surface area (Å²) in [5, 5.41) is 0. The van der Waals surface area contributed by atoms with Crippen LogP contribution in [0.1, 0.15) is 38.6 Å². The fourth-order valence-electron chi connectivity index (χ4n) is 3.45. The topological polar surface area (TPSA) is 113 Å². The molecule has 2 aliphatic rings. The third-order valence-corrected chi connectivity index (χ3v) is 4.71. The molecule has 0 fully saturated rings. The van der Waals surface area contributed by atoms with Crippen LogP contribution < -0.4 is 10.5 Å². The van der Waals surface area contributed by atoms with Crippen LogP contribution in [-0.2, 0) is 14.3 Å². The molecule has 1 heterocycles. The first-order valence-electron chi connectivity index (χ1n) is 8.60. The second-order valence-corrected chi connectivity index (χ2v) is 6.50. The van der Waals surface area contributed by atoms with Gasteiger partial charge in [-0.2, -0.15) is 0 Å². The van der Waals surface area contributed by atoms with Crippen LogP contribution in [0, 0.1) is 0 Å². The first-order valence-corrected chi connectivity index (χ1v) is 8.60. The molecule has 0 saturated carbocycles. The van der Waals surface area contributed by atoms with Crippen LogP contribution in [0.5, 0.6) is 5.75 Å². The predicted octanol–water partition coefficient (Wildman–Crippen LogP) is 1.91. The van der Waals surface area contributed by atoms with E-state index in [-0.39, 0.29) is 35.7 Å². The Morgan fingerprint density at radius 2 is 1.64 bits per heavy atom. The largest absolute Gasteiger partial charge is 0.484 e. The summed E-state index contributed by atoms with van der Waals surface area (Å²) in [4.78, 5) is 48.8. The number of hydrogen-bond donors (Lipinski definition) is 1. The van der Waals surface area contributed by atoms with E-state index in [1.54, 1.807) is 48.5 Å². The van der Waals surface area contributed by atoms with Crippen molar-refractivity contribution in [1.29, 1.82) is 0 Å².